The van der Waals surface area contributed by atoms with Crippen LogP contribution in [0.15, 0.2) is 53.3 Å². The van der Waals surface area contributed by atoms with Crippen LogP contribution in [0.1, 0.15) is 12.0 Å². The van der Waals surface area contributed by atoms with Gasteiger partial charge in [0, 0.05) is 42.1 Å². The fraction of sp³-hybridized carbons (Fsp3) is 0.278. The van der Waals surface area contributed by atoms with Crippen molar-refractivity contribution in [3.05, 3.63) is 58.8 Å². The van der Waals surface area contributed by atoms with E-state index in [1.165, 1.54) is 0 Å². The summed E-state index contributed by atoms with van der Waals surface area (Å²) >= 11 is 3.41. The Bertz CT molecular complexity index is 736. The normalized spacial score (nSPS) is 17.1. The van der Waals surface area contributed by atoms with Gasteiger partial charge < -0.3 is 10.2 Å². The van der Waals surface area contributed by atoms with E-state index in [-0.39, 0.29) is 24.2 Å². The van der Waals surface area contributed by atoms with Gasteiger partial charge in [0.1, 0.15) is 0 Å². The second-order valence-electron chi connectivity index (χ2n) is 5.79. The van der Waals surface area contributed by atoms with Crippen LogP contribution in [0, 0.1) is 5.92 Å². The van der Waals surface area contributed by atoms with Crippen molar-refractivity contribution in [3.8, 4) is 0 Å². The minimum absolute atomic E-state index is 0.0134. The minimum Gasteiger partial charge on any atom is -0.355 e. The summed E-state index contributed by atoms with van der Waals surface area (Å²) in [4.78, 5) is 30.3. The van der Waals surface area contributed by atoms with E-state index in [1.807, 2.05) is 36.4 Å². The second kappa shape index (κ2) is 7.57. The highest BCUT2D eigenvalue weighted by atomic mass is 79.9. The van der Waals surface area contributed by atoms with Crippen LogP contribution in [0.3, 0.4) is 0 Å². The molecule has 2 heterocycles. The third kappa shape index (κ3) is 4.00. The molecule has 1 fully saturated rings. The number of amides is 2. The van der Waals surface area contributed by atoms with Crippen LogP contribution in [0.2, 0.25) is 0 Å². The summed E-state index contributed by atoms with van der Waals surface area (Å²) in [6.07, 6.45) is 4.50. The molecule has 1 saturated heterocycles. The lowest BCUT2D eigenvalue weighted by atomic mass is 10.1. The van der Waals surface area contributed by atoms with Gasteiger partial charge in [0.2, 0.25) is 11.8 Å². The molecule has 0 saturated carbocycles. The SMILES string of the molecule is O=C(NCCc1cccnc1)C1CC(=O)N(c2cccc(Br)c2)C1. The van der Waals surface area contributed by atoms with Gasteiger partial charge in [-0.3, -0.25) is 14.6 Å². The van der Waals surface area contributed by atoms with Gasteiger partial charge in [0.15, 0.2) is 0 Å². The summed E-state index contributed by atoms with van der Waals surface area (Å²) in [5, 5.41) is 2.92. The first-order chi connectivity index (χ1) is 11.6. The number of hydrogen-bond acceptors (Lipinski definition) is 3. The molecule has 6 heteroatoms. The number of hydrogen-bond donors (Lipinski definition) is 1. The standard InChI is InChI=1S/C18H18BrN3O2/c19-15-4-1-5-16(10-15)22-12-14(9-17(22)23)18(24)21-8-6-13-3-2-7-20-11-13/h1-5,7,10-11,14H,6,8-9,12H2,(H,21,24). The highest BCUT2D eigenvalue weighted by molar-refractivity contribution is 9.10. The summed E-state index contributed by atoms with van der Waals surface area (Å²) in [7, 11) is 0. The van der Waals surface area contributed by atoms with Gasteiger partial charge in [0.25, 0.3) is 0 Å². The summed E-state index contributed by atoms with van der Waals surface area (Å²) in [5.41, 5.74) is 1.90. The zero-order chi connectivity index (χ0) is 16.9. The number of benzene rings is 1. The van der Waals surface area contributed by atoms with E-state index in [2.05, 4.69) is 26.2 Å². The van der Waals surface area contributed by atoms with Crippen molar-refractivity contribution in [2.45, 2.75) is 12.8 Å². The molecule has 0 radical (unpaired) electrons. The highest BCUT2D eigenvalue weighted by Crippen LogP contribution is 2.27. The van der Waals surface area contributed by atoms with Crippen LogP contribution in [-0.2, 0) is 16.0 Å². The summed E-state index contributed by atoms with van der Waals surface area (Å²) in [6, 6.07) is 11.4. The summed E-state index contributed by atoms with van der Waals surface area (Å²) in [5.74, 6) is -0.379. The molecular weight excluding hydrogens is 370 g/mol. The molecule has 2 amide bonds. The monoisotopic (exact) mass is 387 g/mol. The third-order valence-electron chi connectivity index (χ3n) is 4.05. The van der Waals surface area contributed by atoms with Gasteiger partial charge in [-0.15, -0.1) is 0 Å². The van der Waals surface area contributed by atoms with E-state index >= 15 is 0 Å². The van der Waals surface area contributed by atoms with Crippen LogP contribution in [0.4, 0.5) is 5.69 Å². The first-order valence-electron chi connectivity index (χ1n) is 7.86. The van der Waals surface area contributed by atoms with E-state index in [9.17, 15) is 9.59 Å². The molecule has 1 aromatic carbocycles. The van der Waals surface area contributed by atoms with E-state index in [4.69, 9.17) is 0 Å². The second-order valence-corrected chi connectivity index (χ2v) is 6.70. The quantitative estimate of drug-likeness (QED) is 0.857. The number of anilines is 1. The summed E-state index contributed by atoms with van der Waals surface area (Å²) in [6.45, 7) is 0.972. The number of nitrogens with zero attached hydrogens (tertiary/aromatic N) is 2. The number of carbonyl (C=O) groups excluding carboxylic acids is 2. The predicted octanol–water partition coefficient (Wildman–Crippen LogP) is 2.56. The van der Waals surface area contributed by atoms with Gasteiger partial charge in [-0.2, -0.15) is 0 Å². The lowest BCUT2D eigenvalue weighted by Gasteiger charge is -2.17. The predicted molar refractivity (Wildman–Crippen MR) is 95.6 cm³/mol. The molecule has 1 atom stereocenters. The molecular formula is C18H18BrN3O2. The topological polar surface area (TPSA) is 62.3 Å². The molecule has 0 aliphatic carbocycles. The molecule has 2 aromatic rings. The molecule has 24 heavy (non-hydrogen) atoms. The Morgan fingerprint density at radius 1 is 1.33 bits per heavy atom. The molecule has 0 bridgehead atoms. The average Bonchev–Trinajstić information content (AvgIpc) is 2.98. The van der Waals surface area contributed by atoms with Gasteiger partial charge in [-0.05, 0) is 36.2 Å². The van der Waals surface area contributed by atoms with Gasteiger partial charge in [-0.25, -0.2) is 0 Å². The van der Waals surface area contributed by atoms with E-state index in [1.54, 1.807) is 17.3 Å². The van der Waals surface area contributed by atoms with Crippen LogP contribution in [0.25, 0.3) is 0 Å². The van der Waals surface area contributed by atoms with Gasteiger partial charge in [-0.1, -0.05) is 28.1 Å². The number of nitrogens with one attached hydrogen (secondary N) is 1. The first kappa shape index (κ1) is 16.6. The molecule has 5 nitrogen and oxygen atoms in total. The number of aromatic nitrogens is 1. The molecule has 124 valence electrons. The zero-order valence-corrected chi connectivity index (χ0v) is 14.7. The lowest BCUT2D eigenvalue weighted by molar-refractivity contribution is -0.126. The van der Waals surface area contributed by atoms with E-state index in [0.717, 1.165) is 22.1 Å². The number of rotatable bonds is 5. The first-order valence-corrected chi connectivity index (χ1v) is 8.65. The van der Waals surface area contributed by atoms with E-state index in [0.29, 0.717) is 13.1 Å². The van der Waals surface area contributed by atoms with Crippen molar-refractivity contribution in [3.63, 3.8) is 0 Å². The lowest BCUT2D eigenvalue weighted by Crippen LogP contribution is -2.34. The number of pyridine rings is 1. The molecule has 0 spiro atoms. The van der Waals surface area contributed by atoms with Crippen molar-refractivity contribution in [1.82, 2.24) is 10.3 Å². The molecule has 1 aliphatic rings. The maximum Gasteiger partial charge on any atom is 0.227 e. The Balaban J connectivity index is 1.54. The number of halogens is 1. The van der Waals surface area contributed by atoms with Crippen LogP contribution in [0.5, 0.6) is 0 Å². The third-order valence-corrected chi connectivity index (χ3v) is 4.54. The molecule has 1 aromatic heterocycles. The fourth-order valence-corrected chi connectivity index (χ4v) is 3.18. The Hall–Kier alpha value is -2.21. The van der Waals surface area contributed by atoms with Gasteiger partial charge >= 0.3 is 0 Å². The van der Waals surface area contributed by atoms with Crippen LogP contribution < -0.4 is 10.2 Å². The van der Waals surface area contributed by atoms with E-state index < -0.39 is 0 Å². The molecule has 1 N–H and O–H groups in total. The van der Waals surface area contributed by atoms with Gasteiger partial charge in [0.05, 0.1) is 5.92 Å². The highest BCUT2D eigenvalue weighted by Gasteiger charge is 2.34. The molecule has 1 aliphatic heterocycles. The smallest absolute Gasteiger partial charge is 0.227 e. The minimum atomic E-state index is -0.301. The molecule has 3 rings (SSSR count). The van der Waals surface area contributed by atoms with Crippen molar-refractivity contribution in [1.29, 1.82) is 0 Å². The summed E-state index contributed by atoms with van der Waals surface area (Å²) < 4.78 is 0.914. The maximum absolute atomic E-state index is 12.3. The zero-order valence-electron chi connectivity index (χ0n) is 13.1. The fourth-order valence-electron chi connectivity index (χ4n) is 2.80. The molecule has 1 unspecified atom stereocenters. The number of carbonyl (C=O) groups is 2. The maximum atomic E-state index is 12.3. The van der Waals surface area contributed by atoms with Crippen LogP contribution in [-0.4, -0.2) is 29.9 Å². The van der Waals surface area contributed by atoms with Crippen LogP contribution >= 0.6 is 15.9 Å². The van der Waals surface area contributed by atoms with Crippen molar-refractivity contribution in [2.75, 3.05) is 18.0 Å². The largest absolute Gasteiger partial charge is 0.355 e. The van der Waals surface area contributed by atoms with Crippen molar-refractivity contribution >= 4 is 33.4 Å². The Morgan fingerprint density at radius 2 is 2.21 bits per heavy atom. The Labute approximate surface area is 149 Å². The van der Waals surface area contributed by atoms with Crippen molar-refractivity contribution < 1.29 is 9.59 Å². The van der Waals surface area contributed by atoms with Crippen molar-refractivity contribution in [2.24, 2.45) is 5.92 Å². The Morgan fingerprint density at radius 3 is 2.96 bits per heavy atom. The average molecular weight is 388 g/mol. The Kier molecular flexibility index (Phi) is 5.25.